The molecule has 3 nitrogen and oxygen atoms in total. The first-order chi connectivity index (χ1) is 9.56. The maximum atomic E-state index is 10.9. The average molecular weight is 291 g/mol. The third-order valence-corrected chi connectivity index (χ3v) is 3.15. The summed E-state index contributed by atoms with van der Waals surface area (Å²) >= 11 is 6.01. The van der Waals surface area contributed by atoms with Crippen molar-refractivity contribution in [2.75, 3.05) is 0 Å². The second-order valence-corrected chi connectivity index (χ2v) is 4.95. The Morgan fingerprint density at radius 1 is 1.25 bits per heavy atom. The van der Waals surface area contributed by atoms with Crippen LogP contribution in [0.15, 0.2) is 48.5 Å². The molecule has 0 fully saturated rings. The van der Waals surface area contributed by atoms with Crippen LogP contribution in [0.2, 0.25) is 5.02 Å². The summed E-state index contributed by atoms with van der Waals surface area (Å²) in [6, 6.07) is 15.1. The molecule has 2 aromatic carbocycles. The monoisotopic (exact) mass is 290 g/mol. The predicted molar refractivity (Wildman–Crippen MR) is 78.4 cm³/mol. The molecule has 104 valence electrons. The number of aliphatic carboxylic acids is 1. The summed E-state index contributed by atoms with van der Waals surface area (Å²) in [6.45, 7) is 1.50. The van der Waals surface area contributed by atoms with Gasteiger partial charge in [-0.3, -0.25) is 0 Å². The molecule has 0 radical (unpaired) electrons. The van der Waals surface area contributed by atoms with Gasteiger partial charge in [-0.1, -0.05) is 41.9 Å². The van der Waals surface area contributed by atoms with E-state index in [9.17, 15) is 4.79 Å². The molecule has 20 heavy (non-hydrogen) atoms. The second kappa shape index (κ2) is 6.44. The van der Waals surface area contributed by atoms with Crippen molar-refractivity contribution in [2.24, 2.45) is 0 Å². The molecule has 0 aliphatic heterocycles. The molecular formula is C16H15ClO3. The molecular weight excluding hydrogens is 276 g/mol. The van der Waals surface area contributed by atoms with Gasteiger partial charge in [-0.05, 0) is 30.7 Å². The third kappa shape index (κ3) is 3.75. The number of hydrogen-bond donors (Lipinski definition) is 1. The summed E-state index contributed by atoms with van der Waals surface area (Å²) in [5, 5.41) is 9.53. The summed E-state index contributed by atoms with van der Waals surface area (Å²) in [6.07, 6.45) is -0.256. The van der Waals surface area contributed by atoms with Crippen LogP contribution in [0.1, 0.15) is 18.1 Å². The van der Waals surface area contributed by atoms with E-state index in [0.29, 0.717) is 17.2 Å². The Hall–Kier alpha value is -2.00. The molecule has 0 heterocycles. The SMILES string of the molecule is C[C@@H](Oc1ccc(Cl)cc1Cc1ccccc1)C(=O)O. The van der Waals surface area contributed by atoms with Gasteiger partial charge >= 0.3 is 5.97 Å². The van der Waals surface area contributed by atoms with Crippen molar-refractivity contribution < 1.29 is 14.6 Å². The van der Waals surface area contributed by atoms with Gasteiger partial charge in [0, 0.05) is 17.0 Å². The zero-order valence-electron chi connectivity index (χ0n) is 11.0. The van der Waals surface area contributed by atoms with E-state index in [1.807, 2.05) is 30.3 Å². The van der Waals surface area contributed by atoms with E-state index in [-0.39, 0.29) is 0 Å². The van der Waals surface area contributed by atoms with Crippen LogP contribution in [0.3, 0.4) is 0 Å². The number of rotatable bonds is 5. The van der Waals surface area contributed by atoms with Gasteiger partial charge in [-0.25, -0.2) is 4.79 Å². The van der Waals surface area contributed by atoms with E-state index in [1.165, 1.54) is 6.92 Å². The van der Waals surface area contributed by atoms with Crippen molar-refractivity contribution in [3.05, 3.63) is 64.7 Å². The first kappa shape index (κ1) is 14.4. The van der Waals surface area contributed by atoms with E-state index in [1.54, 1.807) is 18.2 Å². The van der Waals surface area contributed by atoms with Crippen molar-refractivity contribution in [2.45, 2.75) is 19.4 Å². The van der Waals surface area contributed by atoms with Crippen molar-refractivity contribution >= 4 is 17.6 Å². The number of carboxylic acid groups (broad SMARTS) is 1. The molecule has 0 saturated heterocycles. The van der Waals surface area contributed by atoms with E-state index in [0.717, 1.165) is 11.1 Å². The molecule has 0 aliphatic carbocycles. The number of hydrogen-bond acceptors (Lipinski definition) is 2. The normalized spacial score (nSPS) is 11.9. The van der Waals surface area contributed by atoms with Gasteiger partial charge in [0.1, 0.15) is 5.75 Å². The molecule has 0 unspecified atom stereocenters. The highest BCUT2D eigenvalue weighted by Gasteiger charge is 2.15. The zero-order chi connectivity index (χ0) is 14.5. The molecule has 4 heteroatoms. The van der Waals surface area contributed by atoms with Crippen molar-refractivity contribution in [3.63, 3.8) is 0 Å². The molecule has 2 rings (SSSR count). The number of benzene rings is 2. The topological polar surface area (TPSA) is 46.5 Å². The highest BCUT2D eigenvalue weighted by molar-refractivity contribution is 6.30. The summed E-state index contributed by atoms with van der Waals surface area (Å²) in [4.78, 5) is 10.9. The minimum Gasteiger partial charge on any atom is -0.479 e. The van der Waals surface area contributed by atoms with Crippen LogP contribution in [0, 0.1) is 0 Å². The lowest BCUT2D eigenvalue weighted by Crippen LogP contribution is -2.23. The lowest BCUT2D eigenvalue weighted by molar-refractivity contribution is -0.144. The maximum Gasteiger partial charge on any atom is 0.344 e. The molecule has 0 amide bonds. The highest BCUT2D eigenvalue weighted by Crippen LogP contribution is 2.26. The Morgan fingerprint density at radius 2 is 1.95 bits per heavy atom. The molecule has 2 aromatic rings. The van der Waals surface area contributed by atoms with Gasteiger partial charge in [0.2, 0.25) is 0 Å². The Kier molecular flexibility index (Phi) is 4.64. The fourth-order valence-electron chi connectivity index (χ4n) is 1.86. The van der Waals surface area contributed by atoms with Crippen LogP contribution >= 0.6 is 11.6 Å². The van der Waals surface area contributed by atoms with Crippen LogP contribution in [-0.2, 0) is 11.2 Å². The molecule has 0 bridgehead atoms. The predicted octanol–water partition coefficient (Wildman–Crippen LogP) is 3.78. The van der Waals surface area contributed by atoms with Crippen LogP contribution in [0.5, 0.6) is 5.75 Å². The van der Waals surface area contributed by atoms with Gasteiger partial charge < -0.3 is 9.84 Å². The van der Waals surface area contributed by atoms with Gasteiger partial charge in [0.25, 0.3) is 0 Å². The lowest BCUT2D eigenvalue weighted by atomic mass is 10.0. The zero-order valence-corrected chi connectivity index (χ0v) is 11.8. The van der Waals surface area contributed by atoms with Crippen molar-refractivity contribution in [1.82, 2.24) is 0 Å². The summed E-state index contributed by atoms with van der Waals surface area (Å²) in [5.41, 5.74) is 1.99. The Bertz CT molecular complexity index is 596. The number of carbonyl (C=O) groups is 1. The van der Waals surface area contributed by atoms with Crippen molar-refractivity contribution in [3.8, 4) is 5.75 Å². The second-order valence-electron chi connectivity index (χ2n) is 4.51. The minimum atomic E-state index is -0.995. The summed E-state index contributed by atoms with van der Waals surface area (Å²) < 4.78 is 5.48. The molecule has 0 spiro atoms. The largest absolute Gasteiger partial charge is 0.479 e. The highest BCUT2D eigenvalue weighted by atomic mass is 35.5. The first-order valence-electron chi connectivity index (χ1n) is 6.28. The Labute approximate surface area is 122 Å². The fourth-order valence-corrected chi connectivity index (χ4v) is 2.05. The Morgan fingerprint density at radius 3 is 2.60 bits per heavy atom. The van der Waals surface area contributed by atoms with Crippen molar-refractivity contribution in [1.29, 1.82) is 0 Å². The molecule has 0 aromatic heterocycles. The quantitative estimate of drug-likeness (QED) is 0.911. The molecule has 1 N–H and O–H groups in total. The summed E-state index contributed by atoms with van der Waals surface area (Å²) in [5.74, 6) is -0.446. The van der Waals surface area contributed by atoms with Gasteiger partial charge in [0.05, 0.1) is 0 Å². The summed E-state index contributed by atoms with van der Waals surface area (Å²) in [7, 11) is 0. The fraction of sp³-hybridized carbons (Fsp3) is 0.188. The van der Waals surface area contributed by atoms with Crippen LogP contribution in [-0.4, -0.2) is 17.2 Å². The molecule has 0 aliphatic rings. The van der Waals surface area contributed by atoms with Gasteiger partial charge in [0.15, 0.2) is 6.10 Å². The number of carboxylic acids is 1. The number of halogens is 1. The van der Waals surface area contributed by atoms with E-state index < -0.39 is 12.1 Å². The third-order valence-electron chi connectivity index (χ3n) is 2.91. The van der Waals surface area contributed by atoms with E-state index in [4.69, 9.17) is 21.4 Å². The van der Waals surface area contributed by atoms with Gasteiger partial charge in [-0.15, -0.1) is 0 Å². The van der Waals surface area contributed by atoms with Crippen LogP contribution in [0.4, 0.5) is 0 Å². The van der Waals surface area contributed by atoms with E-state index in [2.05, 4.69) is 0 Å². The maximum absolute atomic E-state index is 10.9. The smallest absolute Gasteiger partial charge is 0.344 e. The van der Waals surface area contributed by atoms with Crippen LogP contribution < -0.4 is 4.74 Å². The Balaban J connectivity index is 2.26. The average Bonchev–Trinajstić information content (AvgIpc) is 2.42. The van der Waals surface area contributed by atoms with E-state index >= 15 is 0 Å². The van der Waals surface area contributed by atoms with Crippen LogP contribution in [0.25, 0.3) is 0 Å². The molecule has 1 atom stereocenters. The number of ether oxygens (including phenoxy) is 1. The lowest BCUT2D eigenvalue weighted by Gasteiger charge is -2.15. The minimum absolute atomic E-state index is 0.549. The van der Waals surface area contributed by atoms with Gasteiger partial charge in [-0.2, -0.15) is 0 Å². The first-order valence-corrected chi connectivity index (χ1v) is 6.66. The standard InChI is InChI=1S/C16H15ClO3/c1-11(16(18)19)20-15-8-7-14(17)10-13(15)9-12-5-3-2-4-6-12/h2-8,10-11H,9H2,1H3,(H,18,19)/t11-/m1/s1. The molecule has 0 saturated carbocycles.